The Kier molecular flexibility index (Phi) is 3.98. The van der Waals surface area contributed by atoms with E-state index in [1.165, 1.54) is 0 Å². The lowest BCUT2D eigenvalue weighted by Gasteiger charge is -2.20. The van der Waals surface area contributed by atoms with Crippen LogP contribution in [-0.4, -0.2) is 21.6 Å². The number of alkyl halides is 3. The monoisotopic (exact) mass is 291 g/mol. The maximum atomic E-state index is 13.0. The van der Waals surface area contributed by atoms with Crippen molar-refractivity contribution >= 4 is 17.7 Å². The summed E-state index contributed by atoms with van der Waals surface area (Å²) in [5.41, 5.74) is 4.73. The Bertz CT molecular complexity index is 505. The molecule has 1 aliphatic rings. The lowest BCUT2D eigenvalue weighted by molar-refractivity contribution is -0.142. The van der Waals surface area contributed by atoms with E-state index < -0.39 is 17.8 Å². The quantitative estimate of drug-likeness (QED) is 0.682. The van der Waals surface area contributed by atoms with Crippen LogP contribution in [0.1, 0.15) is 29.8 Å². The highest BCUT2D eigenvalue weighted by Crippen LogP contribution is 2.35. The van der Waals surface area contributed by atoms with Crippen molar-refractivity contribution < 1.29 is 18.0 Å². The largest absolute Gasteiger partial charge is 0.433 e. The van der Waals surface area contributed by atoms with Gasteiger partial charge in [-0.15, -0.1) is 0 Å². The summed E-state index contributed by atoms with van der Waals surface area (Å²) in [5.74, 6) is -0.740. The minimum atomic E-state index is -4.49. The molecule has 104 valence electrons. The third kappa shape index (κ3) is 3.37. The molecule has 0 atom stereocenters. The van der Waals surface area contributed by atoms with E-state index in [0.717, 1.165) is 18.2 Å². The summed E-state index contributed by atoms with van der Waals surface area (Å²) in [5, 5.41) is -0.0354. The first-order chi connectivity index (χ1) is 8.88. The van der Waals surface area contributed by atoms with Gasteiger partial charge in [-0.3, -0.25) is 4.79 Å². The van der Waals surface area contributed by atoms with Crippen molar-refractivity contribution in [3.05, 3.63) is 17.0 Å². The van der Waals surface area contributed by atoms with E-state index in [4.69, 9.17) is 5.73 Å². The molecule has 0 aromatic carbocycles. The molecule has 0 saturated carbocycles. The number of rotatable bonds is 3. The third-order valence-corrected chi connectivity index (χ3v) is 3.64. The van der Waals surface area contributed by atoms with Gasteiger partial charge in [0.05, 0.1) is 5.75 Å². The number of thioether (sulfide) groups is 1. The second-order valence-corrected chi connectivity index (χ2v) is 5.18. The van der Waals surface area contributed by atoms with Crippen LogP contribution in [0.3, 0.4) is 0 Å². The summed E-state index contributed by atoms with van der Waals surface area (Å²) in [6.07, 6.45) is -2.09. The number of aromatic nitrogens is 2. The number of aryl methyl sites for hydroxylation is 1. The minimum absolute atomic E-state index is 0.0354. The number of hydrogen-bond donors (Lipinski definition) is 1. The molecule has 1 aromatic heterocycles. The zero-order valence-electron chi connectivity index (χ0n) is 9.96. The van der Waals surface area contributed by atoms with Gasteiger partial charge in [-0.1, -0.05) is 11.8 Å². The van der Waals surface area contributed by atoms with Gasteiger partial charge in [-0.25, -0.2) is 9.97 Å². The van der Waals surface area contributed by atoms with Crippen molar-refractivity contribution in [3.8, 4) is 0 Å². The lowest BCUT2D eigenvalue weighted by Crippen LogP contribution is -2.19. The molecule has 1 aromatic rings. The normalized spacial score (nSPS) is 15.1. The van der Waals surface area contributed by atoms with Gasteiger partial charge in [0.15, 0.2) is 10.9 Å². The fourth-order valence-electron chi connectivity index (χ4n) is 2.01. The summed E-state index contributed by atoms with van der Waals surface area (Å²) in [4.78, 5) is 18.3. The Morgan fingerprint density at radius 3 is 2.58 bits per heavy atom. The highest BCUT2D eigenvalue weighted by molar-refractivity contribution is 7.99. The number of hydrogen-bond acceptors (Lipinski definition) is 4. The van der Waals surface area contributed by atoms with Gasteiger partial charge in [0.2, 0.25) is 5.91 Å². The molecule has 1 aliphatic carbocycles. The molecule has 0 radical (unpaired) electrons. The standard InChI is InChI=1S/C11H12F3N3OS/c12-11(13,14)9-6-3-1-2-4-7(6)16-10(17-9)19-5-8(15)18/h1-5H2,(H2,15,18). The van der Waals surface area contributed by atoms with Crippen LogP contribution in [0.15, 0.2) is 5.16 Å². The molecular formula is C11H12F3N3OS. The number of nitrogens with two attached hydrogens (primary N) is 1. The summed E-state index contributed by atoms with van der Waals surface area (Å²) in [6, 6.07) is 0. The molecule has 1 heterocycles. The van der Waals surface area contributed by atoms with Crippen LogP contribution in [0.25, 0.3) is 0 Å². The molecule has 4 nitrogen and oxygen atoms in total. The van der Waals surface area contributed by atoms with Gasteiger partial charge in [0.1, 0.15) is 0 Å². The van der Waals surface area contributed by atoms with Gasteiger partial charge in [0.25, 0.3) is 0 Å². The van der Waals surface area contributed by atoms with E-state index in [2.05, 4.69) is 9.97 Å². The van der Waals surface area contributed by atoms with Crippen molar-refractivity contribution in [1.29, 1.82) is 0 Å². The zero-order valence-corrected chi connectivity index (χ0v) is 10.8. The molecule has 0 saturated heterocycles. The van der Waals surface area contributed by atoms with Crippen molar-refractivity contribution in [2.75, 3.05) is 5.75 Å². The van der Waals surface area contributed by atoms with E-state index in [1.54, 1.807) is 0 Å². The van der Waals surface area contributed by atoms with E-state index in [0.29, 0.717) is 25.0 Å². The van der Waals surface area contributed by atoms with Crippen molar-refractivity contribution in [1.82, 2.24) is 9.97 Å². The molecule has 0 fully saturated rings. The van der Waals surface area contributed by atoms with E-state index in [1.807, 2.05) is 0 Å². The number of amides is 1. The molecule has 0 unspecified atom stereocenters. The van der Waals surface area contributed by atoms with Gasteiger partial charge in [-0.05, 0) is 25.7 Å². The van der Waals surface area contributed by atoms with E-state index >= 15 is 0 Å². The average molecular weight is 291 g/mol. The van der Waals surface area contributed by atoms with Crippen LogP contribution in [-0.2, 0) is 23.8 Å². The number of carbonyl (C=O) groups is 1. The predicted octanol–water partition coefficient (Wildman–Crippen LogP) is 1.95. The zero-order chi connectivity index (χ0) is 14.0. The van der Waals surface area contributed by atoms with Crippen LogP contribution in [0.2, 0.25) is 0 Å². The molecule has 0 aliphatic heterocycles. The summed E-state index contributed by atoms with van der Waals surface area (Å²) in [6.45, 7) is 0. The molecule has 1 amide bonds. The molecule has 8 heteroatoms. The topological polar surface area (TPSA) is 68.9 Å². The Morgan fingerprint density at radius 1 is 1.26 bits per heavy atom. The number of nitrogens with zero attached hydrogens (tertiary/aromatic N) is 2. The summed E-state index contributed by atoms with van der Waals surface area (Å²) < 4.78 is 38.9. The average Bonchev–Trinajstić information content (AvgIpc) is 2.34. The van der Waals surface area contributed by atoms with E-state index in [-0.39, 0.29) is 16.5 Å². The first kappa shape index (κ1) is 14.1. The number of primary amides is 1. The van der Waals surface area contributed by atoms with E-state index in [9.17, 15) is 18.0 Å². The molecule has 2 N–H and O–H groups in total. The van der Waals surface area contributed by atoms with Crippen LogP contribution in [0, 0.1) is 0 Å². The Morgan fingerprint density at radius 2 is 1.95 bits per heavy atom. The Labute approximate surface area is 112 Å². The number of fused-ring (bicyclic) bond motifs is 1. The number of halogens is 3. The van der Waals surface area contributed by atoms with Gasteiger partial charge < -0.3 is 5.73 Å². The van der Waals surface area contributed by atoms with Crippen molar-refractivity contribution in [2.24, 2.45) is 5.73 Å². The first-order valence-corrected chi connectivity index (χ1v) is 6.74. The first-order valence-electron chi connectivity index (χ1n) is 5.76. The van der Waals surface area contributed by atoms with Gasteiger partial charge >= 0.3 is 6.18 Å². The van der Waals surface area contributed by atoms with Crippen LogP contribution >= 0.6 is 11.8 Å². The highest BCUT2D eigenvalue weighted by atomic mass is 32.2. The van der Waals surface area contributed by atoms with Crippen LogP contribution in [0.4, 0.5) is 13.2 Å². The third-order valence-electron chi connectivity index (χ3n) is 2.77. The summed E-state index contributed by atoms with van der Waals surface area (Å²) >= 11 is 0.835. The molecule has 2 rings (SSSR count). The molecular weight excluding hydrogens is 279 g/mol. The molecule has 19 heavy (non-hydrogen) atoms. The van der Waals surface area contributed by atoms with Crippen LogP contribution < -0.4 is 5.73 Å². The van der Waals surface area contributed by atoms with Crippen LogP contribution in [0.5, 0.6) is 0 Å². The summed E-state index contributed by atoms with van der Waals surface area (Å²) in [7, 11) is 0. The lowest BCUT2D eigenvalue weighted by atomic mass is 9.94. The Balaban J connectivity index is 2.39. The minimum Gasteiger partial charge on any atom is -0.369 e. The van der Waals surface area contributed by atoms with Gasteiger partial charge in [-0.2, -0.15) is 13.2 Å². The highest BCUT2D eigenvalue weighted by Gasteiger charge is 2.37. The smallest absolute Gasteiger partial charge is 0.369 e. The second-order valence-electron chi connectivity index (χ2n) is 4.24. The molecule has 0 spiro atoms. The fraction of sp³-hybridized carbons (Fsp3) is 0.545. The second kappa shape index (κ2) is 5.36. The van der Waals surface area contributed by atoms with Crippen molar-refractivity contribution in [2.45, 2.75) is 37.0 Å². The number of carbonyl (C=O) groups excluding carboxylic acids is 1. The predicted molar refractivity (Wildman–Crippen MR) is 63.6 cm³/mol. The SMILES string of the molecule is NC(=O)CSc1nc2c(c(C(F)(F)F)n1)CCCC2. The van der Waals surface area contributed by atoms with Crippen molar-refractivity contribution in [3.63, 3.8) is 0 Å². The fourth-order valence-corrected chi connectivity index (χ4v) is 2.61. The van der Waals surface area contributed by atoms with Gasteiger partial charge in [0, 0.05) is 11.3 Å². The maximum absolute atomic E-state index is 13.0. The maximum Gasteiger partial charge on any atom is 0.433 e. The Hall–Kier alpha value is -1.31. The molecule has 0 bridgehead atoms.